The van der Waals surface area contributed by atoms with E-state index in [1.165, 1.54) is 0 Å². The summed E-state index contributed by atoms with van der Waals surface area (Å²) in [4.78, 5) is 11.0. The second kappa shape index (κ2) is 4.11. The van der Waals surface area contributed by atoms with Crippen LogP contribution in [-0.2, 0) is 11.2 Å². The molecule has 1 N–H and O–H groups in total. The van der Waals surface area contributed by atoms with Gasteiger partial charge in [0.1, 0.15) is 5.60 Å². The molecule has 0 saturated carbocycles. The molecule has 1 saturated heterocycles. The number of rotatable bonds is 3. The molecule has 1 aliphatic rings. The molecule has 1 heterocycles. The highest BCUT2D eigenvalue weighted by molar-refractivity contribution is 6.18. The van der Waals surface area contributed by atoms with Crippen LogP contribution in [0, 0.1) is 0 Å². The van der Waals surface area contributed by atoms with Gasteiger partial charge in [-0.05, 0) is 5.56 Å². The molecular formula is C11H12ClNO2. The molecule has 0 unspecified atom stereocenters. The molecule has 0 aromatic heterocycles. The van der Waals surface area contributed by atoms with E-state index in [1.54, 1.807) is 0 Å². The smallest absolute Gasteiger partial charge is 0.407 e. The van der Waals surface area contributed by atoms with Crippen molar-refractivity contribution in [2.75, 3.05) is 12.4 Å². The summed E-state index contributed by atoms with van der Waals surface area (Å²) < 4.78 is 5.22. The van der Waals surface area contributed by atoms with Crippen molar-refractivity contribution in [3.63, 3.8) is 0 Å². The van der Waals surface area contributed by atoms with Gasteiger partial charge in [0, 0.05) is 6.42 Å². The molecule has 1 fully saturated rings. The van der Waals surface area contributed by atoms with Crippen LogP contribution in [0.4, 0.5) is 4.79 Å². The molecule has 1 atom stereocenters. The third-order valence-electron chi connectivity index (χ3n) is 2.48. The van der Waals surface area contributed by atoms with Gasteiger partial charge in [-0.15, -0.1) is 11.6 Å². The Bertz CT molecular complexity index is 355. The zero-order chi connectivity index (χ0) is 10.7. The number of ether oxygens (including phenoxy) is 1. The summed E-state index contributed by atoms with van der Waals surface area (Å²) in [5.41, 5.74) is 0.537. The quantitative estimate of drug-likeness (QED) is 0.799. The van der Waals surface area contributed by atoms with Crippen LogP contribution in [0.15, 0.2) is 30.3 Å². The van der Waals surface area contributed by atoms with Crippen molar-refractivity contribution in [3.05, 3.63) is 35.9 Å². The van der Waals surface area contributed by atoms with Crippen molar-refractivity contribution in [1.29, 1.82) is 0 Å². The summed E-state index contributed by atoms with van der Waals surface area (Å²) in [6.45, 7) is 0.476. The topological polar surface area (TPSA) is 38.3 Å². The number of halogens is 1. The first kappa shape index (κ1) is 10.3. The average Bonchev–Trinajstić information content (AvgIpc) is 2.62. The van der Waals surface area contributed by atoms with E-state index in [0.29, 0.717) is 18.8 Å². The fraction of sp³-hybridized carbons (Fsp3) is 0.364. The molecule has 0 aliphatic carbocycles. The molecule has 0 radical (unpaired) electrons. The van der Waals surface area contributed by atoms with E-state index < -0.39 is 5.60 Å². The monoisotopic (exact) mass is 225 g/mol. The Morgan fingerprint density at radius 3 is 2.67 bits per heavy atom. The molecule has 1 aromatic rings. The van der Waals surface area contributed by atoms with Gasteiger partial charge < -0.3 is 10.1 Å². The SMILES string of the molecule is O=C1NC[C@@](CCl)(Cc2ccccc2)O1. The van der Waals surface area contributed by atoms with Crippen LogP contribution < -0.4 is 5.32 Å². The van der Waals surface area contributed by atoms with Crippen molar-refractivity contribution >= 4 is 17.7 Å². The number of amides is 1. The van der Waals surface area contributed by atoms with Crippen molar-refractivity contribution in [2.24, 2.45) is 0 Å². The summed E-state index contributed by atoms with van der Waals surface area (Å²) in [5.74, 6) is 0.306. The molecule has 1 aliphatic heterocycles. The van der Waals surface area contributed by atoms with Crippen LogP contribution >= 0.6 is 11.6 Å². The maximum atomic E-state index is 11.0. The lowest BCUT2D eigenvalue weighted by Gasteiger charge is -2.23. The first-order valence-electron chi connectivity index (χ1n) is 4.81. The van der Waals surface area contributed by atoms with Crippen LogP contribution in [0.3, 0.4) is 0 Å². The van der Waals surface area contributed by atoms with Gasteiger partial charge in [0.05, 0.1) is 12.4 Å². The van der Waals surface area contributed by atoms with E-state index in [2.05, 4.69) is 5.32 Å². The van der Waals surface area contributed by atoms with Gasteiger partial charge in [-0.2, -0.15) is 0 Å². The second-order valence-corrected chi connectivity index (χ2v) is 3.99. The number of benzene rings is 1. The predicted octanol–water partition coefficient (Wildman–Crippen LogP) is 1.95. The number of hydrogen-bond acceptors (Lipinski definition) is 2. The molecule has 4 heteroatoms. The number of nitrogens with one attached hydrogen (secondary N) is 1. The van der Waals surface area contributed by atoms with Gasteiger partial charge in [0.25, 0.3) is 0 Å². The fourth-order valence-electron chi connectivity index (χ4n) is 1.69. The Morgan fingerprint density at radius 1 is 1.40 bits per heavy atom. The summed E-state index contributed by atoms with van der Waals surface area (Å²) in [5, 5.41) is 2.64. The van der Waals surface area contributed by atoms with E-state index in [4.69, 9.17) is 16.3 Å². The van der Waals surface area contributed by atoms with Gasteiger partial charge in [0.2, 0.25) is 0 Å². The Kier molecular flexibility index (Phi) is 2.82. The number of carbonyl (C=O) groups is 1. The molecule has 3 nitrogen and oxygen atoms in total. The molecule has 0 spiro atoms. The third-order valence-corrected chi connectivity index (χ3v) is 2.96. The molecule has 1 aromatic carbocycles. The highest BCUT2D eigenvalue weighted by Gasteiger charge is 2.39. The number of carbonyl (C=O) groups excluding carboxylic acids is 1. The van der Waals surface area contributed by atoms with E-state index in [0.717, 1.165) is 5.56 Å². The molecular weight excluding hydrogens is 214 g/mol. The molecule has 1 amide bonds. The molecule has 15 heavy (non-hydrogen) atoms. The van der Waals surface area contributed by atoms with Crippen LogP contribution in [0.5, 0.6) is 0 Å². The van der Waals surface area contributed by atoms with Crippen molar-refractivity contribution in [1.82, 2.24) is 5.32 Å². The minimum Gasteiger partial charge on any atom is -0.439 e. The van der Waals surface area contributed by atoms with Gasteiger partial charge in [0.15, 0.2) is 0 Å². The highest BCUT2D eigenvalue weighted by atomic mass is 35.5. The first-order valence-corrected chi connectivity index (χ1v) is 5.34. The van der Waals surface area contributed by atoms with Crippen molar-refractivity contribution < 1.29 is 9.53 Å². The van der Waals surface area contributed by atoms with Gasteiger partial charge in [-0.3, -0.25) is 0 Å². The van der Waals surface area contributed by atoms with Crippen LogP contribution in [-0.4, -0.2) is 24.1 Å². The summed E-state index contributed by atoms with van der Waals surface area (Å²) in [6, 6.07) is 9.87. The van der Waals surface area contributed by atoms with Crippen molar-refractivity contribution in [3.8, 4) is 0 Å². The lowest BCUT2D eigenvalue weighted by molar-refractivity contribution is 0.0751. The van der Waals surface area contributed by atoms with Crippen LogP contribution in [0.25, 0.3) is 0 Å². The van der Waals surface area contributed by atoms with E-state index in [1.807, 2.05) is 30.3 Å². The molecule has 0 bridgehead atoms. The second-order valence-electron chi connectivity index (χ2n) is 3.72. The first-order chi connectivity index (χ1) is 7.24. The highest BCUT2D eigenvalue weighted by Crippen LogP contribution is 2.23. The lowest BCUT2D eigenvalue weighted by Crippen LogP contribution is -2.37. The maximum Gasteiger partial charge on any atom is 0.407 e. The zero-order valence-corrected chi connectivity index (χ0v) is 8.96. The Morgan fingerprint density at radius 2 is 2.13 bits per heavy atom. The number of hydrogen-bond donors (Lipinski definition) is 1. The molecule has 80 valence electrons. The third kappa shape index (κ3) is 2.23. The Hall–Kier alpha value is -1.22. The maximum absolute atomic E-state index is 11.0. The van der Waals surface area contributed by atoms with Gasteiger partial charge in [-0.1, -0.05) is 30.3 Å². The minimum absolute atomic E-state index is 0.306. The zero-order valence-electron chi connectivity index (χ0n) is 8.20. The Balaban J connectivity index is 2.12. The largest absolute Gasteiger partial charge is 0.439 e. The summed E-state index contributed by atoms with van der Waals surface area (Å²) in [7, 11) is 0. The van der Waals surface area contributed by atoms with E-state index in [9.17, 15) is 4.79 Å². The van der Waals surface area contributed by atoms with Gasteiger partial charge >= 0.3 is 6.09 Å². The minimum atomic E-state index is -0.583. The lowest BCUT2D eigenvalue weighted by atomic mass is 9.97. The number of alkyl halides is 1. The van der Waals surface area contributed by atoms with Crippen LogP contribution in [0.1, 0.15) is 5.56 Å². The molecule has 2 rings (SSSR count). The summed E-state index contributed by atoms with van der Waals surface area (Å²) >= 11 is 5.86. The summed E-state index contributed by atoms with van der Waals surface area (Å²) in [6.07, 6.45) is 0.266. The van der Waals surface area contributed by atoms with Gasteiger partial charge in [-0.25, -0.2) is 4.79 Å². The Labute approximate surface area is 93.4 Å². The van der Waals surface area contributed by atoms with E-state index in [-0.39, 0.29) is 6.09 Å². The number of alkyl carbamates (subject to hydrolysis) is 1. The fourth-order valence-corrected chi connectivity index (χ4v) is 1.93. The number of cyclic esters (lactones) is 1. The van der Waals surface area contributed by atoms with Crippen molar-refractivity contribution in [2.45, 2.75) is 12.0 Å². The predicted molar refractivity (Wildman–Crippen MR) is 58.1 cm³/mol. The van der Waals surface area contributed by atoms with E-state index >= 15 is 0 Å². The average molecular weight is 226 g/mol. The standard InChI is InChI=1S/C11H12ClNO2/c12-7-11(8-13-10(14)15-11)6-9-4-2-1-3-5-9/h1-5H,6-8H2,(H,13,14)/t11-/m0/s1. The normalized spacial score (nSPS) is 24.7. The van der Waals surface area contributed by atoms with Crippen LogP contribution in [0.2, 0.25) is 0 Å².